The zero-order valence-corrected chi connectivity index (χ0v) is 13.2. The third-order valence-corrected chi connectivity index (χ3v) is 3.46. The van der Waals surface area contributed by atoms with Gasteiger partial charge in [-0.2, -0.15) is 0 Å². The SMILES string of the molecule is CC[NH+](CC(=O)NC(=O)NCc1ccco1)Cc1ccccc1. The molecule has 0 aliphatic rings. The topological polar surface area (TPSA) is 75.8 Å². The van der Waals surface area contributed by atoms with Crippen LogP contribution in [0.4, 0.5) is 4.79 Å². The molecular formula is C17H22N3O3+. The number of carbonyl (C=O) groups is 2. The number of benzene rings is 1. The van der Waals surface area contributed by atoms with Gasteiger partial charge in [0.05, 0.1) is 19.4 Å². The first-order valence-corrected chi connectivity index (χ1v) is 7.65. The maximum atomic E-state index is 12.0. The van der Waals surface area contributed by atoms with Crippen molar-refractivity contribution in [2.45, 2.75) is 20.0 Å². The minimum absolute atomic E-state index is 0.250. The number of likely N-dealkylation sites (N-methyl/N-ethyl adjacent to an activating group) is 1. The zero-order chi connectivity index (χ0) is 16.5. The first-order chi connectivity index (χ1) is 11.2. The molecule has 2 aromatic rings. The summed E-state index contributed by atoms with van der Waals surface area (Å²) in [7, 11) is 0. The second-order valence-corrected chi connectivity index (χ2v) is 5.25. The summed E-state index contributed by atoms with van der Waals surface area (Å²) in [6.07, 6.45) is 1.53. The van der Waals surface area contributed by atoms with Gasteiger partial charge in [-0.15, -0.1) is 0 Å². The molecule has 3 amide bonds. The van der Waals surface area contributed by atoms with Gasteiger partial charge in [0.1, 0.15) is 12.3 Å². The Morgan fingerprint density at radius 2 is 1.91 bits per heavy atom. The van der Waals surface area contributed by atoms with Gasteiger partial charge < -0.3 is 14.6 Å². The molecule has 1 aromatic carbocycles. The summed E-state index contributed by atoms with van der Waals surface area (Å²) in [5.74, 6) is 0.340. The fraction of sp³-hybridized carbons (Fsp3) is 0.294. The van der Waals surface area contributed by atoms with Crippen LogP contribution in [0.2, 0.25) is 0 Å². The zero-order valence-electron chi connectivity index (χ0n) is 13.2. The van der Waals surface area contributed by atoms with Crippen LogP contribution in [-0.4, -0.2) is 25.0 Å². The summed E-state index contributed by atoms with van der Waals surface area (Å²) in [6.45, 7) is 4.07. The van der Waals surface area contributed by atoms with Crippen LogP contribution in [0.1, 0.15) is 18.2 Å². The molecule has 23 heavy (non-hydrogen) atoms. The van der Waals surface area contributed by atoms with E-state index in [4.69, 9.17) is 4.42 Å². The van der Waals surface area contributed by atoms with Gasteiger partial charge in [0, 0.05) is 5.56 Å². The van der Waals surface area contributed by atoms with E-state index in [1.54, 1.807) is 12.1 Å². The molecule has 1 aromatic heterocycles. The van der Waals surface area contributed by atoms with Gasteiger partial charge in [-0.1, -0.05) is 30.3 Å². The molecule has 1 heterocycles. The van der Waals surface area contributed by atoms with E-state index in [1.807, 2.05) is 37.3 Å². The van der Waals surface area contributed by atoms with Gasteiger partial charge in [-0.05, 0) is 19.1 Å². The summed E-state index contributed by atoms with van der Waals surface area (Å²) < 4.78 is 5.11. The fourth-order valence-corrected chi connectivity index (χ4v) is 2.22. The van der Waals surface area contributed by atoms with Gasteiger partial charge in [-0.3, -0.25) is 10.1 Å². The number of nitrogens with one attached hydrogen (secondary N) is 3. The highest BCUT2D eigenvalue weighted by molar-refractivity contribution is 5.94. The Hall–Kier alpha value is -2.60. The number of quaternary nitrogens is 1. The van der Waals surface area contributed by atoms with Crippen molar-refractivity contribution in [2.24, 2.45) is 0 Å². The second-order valence-electron chi connectivity index (χ2n) is 5.25. The van der Waals surface area contributed by atoms with Crippen LogP contribution in [-0.2, 0) is 17.9 Å². The first-order valence-electron chi connectivity index (χ1n) is 7.65. The van der Waals surface area contributed by atoms with Crippen molar-refractivity contribution in [3.8, 4) is 0 Å². The Balaban J connectivity index is 1.74. The van der Waals surface area contributed by atoms with Gasteiger partial charge in [0.15, 0.2) is 6.54 Å². The highest BCUT2D eigenvalue weighted by Gasteiger charge is 2.15. The largest absolute Gasteiger partial charge is 0.467 e. The highest BCUT2D eigenvalue weighted by Crippen LogP contribution is 1.98. The van der Waals surface area contributed by atoms with Crippen molar-refractivity contribution in [3.05, 3.63) is 60.1 Å². The van der Waals surface area contributed by atoms with E-state index in [-0.39, 0.29) is 19.0 Å². The van der Waals surface area contributed by atoms with E-state index >= 15 is 0 Å². The number of hydrogen-bond donors (Lipinski definition) is 3. The number of hydrogen-bond acceptors (Lipinski definition) is 3. The van der Waals surface area contributed by atoms with Crippen molar-refractivity contribution in [2.75, 3.05) is 13.1 Å². The summed E-state index contributed by atoms with van der Waals surface area (Å²) in [5.41, 5.74) is 1.17. The minimum atomic E-state index is -0.512. The molecule has 0 bridgehead atoms. The number of furan rings is 1. The summed E-state index contributed by atoms with van der Waals surface area (Å²) in [6, 6.07) is 13.0. The van der Waals surface area contributed by atoms with E-state index in [0.717, 1.165) is 18.0 Å². The van der Waals surface area contributed by atoms with Crippen molar-refractivity contribution in [1.82, 2.24) is 10.6 Å². The van der Waals surface area contributed by atoms with Crippen LogP contribution >= 0.6 is 0 Å². The Labute approximate surface area is 135 Å². The Morgan fingerprint density at radius 1 is 1.13 bits per heavy atom. The number of carbonyl (C=O) groups excluding carboxylic acids is 2. The Kier molecular flexibility index (Phi) is 6.38. The van der Waals surface area contributed by atoms with Gasteiger partial charge >= 0.3 is 6.03 Å². The normalized spacial score (nSPS) is 11.7. The van der Waals surface area contributed by atoms with Crippen LogP contribution in [0.15, 0.2) is 53.1 Å². The van der Waals surface area contributed by atoms with Crippen LogP contribution in [0.25, 0.3) is 0 Å². The molecule has 0 aliphatic heterocycles. The molecule has 0 radical (unpaired) electrons. The molecule has 6 nitrogen and oxygen atoms in total. The third kappa shape index (κ3) is 5.96. The van der Waals surface area contributed by atoms with Crippen molar-refractivity contribution in [3.63, 3.8) is 0 Å². The smallest absolute Gasteiger partial charge is 0.321 e. The lowest BCUT2D eigenvalue weighted by atomic mass is 10.2. The lowest BCUT2D eigenvalue weighted by Gasteiger charge is -2.17. The predicted octanol–water partition coefficient (Wildman–Crippen LogP) is 0.710. The quantitative estimate of drug-likeness (QED) is 0.704. The third-order valence-electron chi connectivity index (χ3n) is 3.46. The molecule has 1 unspecified atom stereocenters. The molecule has 0 spiro atoms. The summed E-state index contributed by atoms with van der Waals surface area (Å²) in [5, 5.41) is 4.92. The molecule has 0 aliphatic carbocycles. The lowest BCUT2D eigenvalue weighted by Crippen LogP contribution is -3.11. The lowest BCUT2D eigenvalue weighted by molar-refractivity contribution is -0.904. The Morgan fingerprint density at radius 3 is 2.57 bits per heavy atom. The molecule has 6 heteroatoms. The van der Waals surface area contributed by atoms with Crippen molar-refractivity contribution in [1.29, 1.82) is 0 Å². The minimum Gasteiger partial charge on any atom is -0.467 e. The molecule has 122 valence electrons. The van der Waals surface area contributed by atoms with E-state index in [1.165, 1.54) is 11.8 Å². The predicted molar refractivity (Wildman–Crippen MR) is 85.6 cm³/mol. The first kappa shape index (κ1) is 16.8. The summed E-state index contributed by atoms with van der Waals surface area (Å²) in [4.78, 5) is 24.7. The van der Waals surface area contributed by atoms with Crippen LogP contribution < -0.4 is 15.5 Å². The maximum Gasteiger partial charge on any atom is 0.321 e. The van der Waals surface area contributed by atoms with Crippen LogP contribution in [0, 0.1) is 0 Å². The highest BCUT2D eigenvalue weighted by atomic mass is 16.3. The monoisotopic (exact) mass is 316 g/mol. The molecule has 0 saturated heterocycles. The van der Waals surface area contributed by atoms with Crippen LogP contribution in [0.3, 0.4) is 0 Å². The molecule has 0 saturated carbocycles. The van der Waals surface area contributed by atoms with Gasteiger partial charge in [0.25, 0.3) is 5.91 Å². The van der Waals surface area contributed by atoms with E-state index in [9.17, 15) is 9.59 Å². The standard InChI is InChI=1S/C17H21N3O3/c1-2-20(12-14-7-4-3-5-8-14)13-16(21)19-17(22)18-11-15-9-6-10-23-15/h3-10H,2,11-13H2,1H3,(H2,18,19,21,22)/p+1. The number of urea groups is 1. The van der Waals surface area contributed by atoms with Crippen molar-refractivity contribution >= 4 is 11.9 Å². The van der Waals surface area contributed by atoms with E-state index < -0.39 is 6.03 Å². The average molecular weight is 316 g/mol. The maximum absolute atomic E-state index is 12.0. The molecule has 0 fully saturated rings. The van der Waals surface area contributed by atoms with Gasteiger partial charge in [-0.25, -0.2) is 4.79 Å². The van der Waals surface area contributed by atoms with E-state index in [2.05, 4.69) is 10.6 Å². The Bertz CT molecular complexity index is 611. The number of rotatable bonds is 7. The van der Waals surface area contributed by atoms with E-state index in [0.29, 0.717) is 5.76 Å². The van der Waals surface area contributed by atoms with Crippen LogP contribution in [0.5, 0.6) is 0 Å². The second kappa shape index (κ2) is 8.75. The average Bonchev–Trinajstić information content (AvgIpc) is 3.06. The summed E-state index contributed by atoms with van der Waals surface area (Å²) >= 11 is 0. The fourth-order valence-electron chi connectivity index (χ4n) is 2.22. The molecular weight excluding hydrogens is 294 g/mol. The molecule has 1 atom stereocenters. The van der Waals surface area contributed by atoms with Gasteiger partial charge in [0.2, 0.25) is 0 Å². The molecule has 3 N–H and O–H groups in total. The number of imide groups is 1. The molecule has 2 rings (SSSR count). The number of amides is 3. The van der Waals surface area contributed by atoms with Crippen molar-refractivity contribution < 1.29 is 18.9 Å².